The predicted octanol–water partition coefficient (Wildman–Crippen LogP) is 2.70. The number of aliphatic hydroxyl groups is 1. The average Bonchev–Trinajstić information content (AvgIpc) is 2.04. The molecule has 0 aromatic heterocycles. The Bertz CT molecular complexity index is 167. The molecule has 3 unspecified atom stereocenters. The molecule has 0 heterocycles. The molecule has 0 aromatic rings. The maximum atomic E-state index is 10.3. The summed E-state index contributed by atoms with van der Waals surface area (Å²) in [5.41, 5.74) is -0.386. The van der Waals surface area contributed by atoms with Gasteiger partial charge in [-0.1, -0.05) is 12.8 Å². The summed E-state index contributed by atoms with van der Waals surface area (Å²) in [6.45, 7) is 0. The molecule has 2 heteroatoms. The van der Waals surface area contributed by atoms with E-state index >= 15 is 0 Å². The van der Waals surface area contributed by atoms with Crippen molar-refractivity contribution in [3.63, 3.8) is 0 Å². The standard InChI is InChI=1S/C10H17ClO/c11-9-5-3-7-10(12)6-2-1-4-8(9)10/h8-9,12H,1-7H2. The highest BCUT2D eigenvalue weighted by Crippen LogP contribution is 2.45. The van der Waals surface area contributed by atoms with Gasteiger partial charge in [0.1, 0.15) is 0 Å². The molecule has 0 saturated heterocycles. The molecule has 1 N–H and O–H groups in total. The van der Waals surface area contributed by atoms with Crippen LogP contribution in [0.1, 0.15) is 44.9 Å². The first-order valence-corrected chi connectivity index (χ1v) is 5.52. The third kappa shape index (κ3) is 1.38. The summed E-state index contributed by atoms with van der Waals surface area (Å²) in [6, 6.07) is 0. The van der Waals surface area contributed by atoms with E-state index < -0.39 is 0 Å². The first-order chi connectivity index (χ1) is 5.72. The van der Waals surface area contributed by atoms with Crippen LogP contribution in [0.2, 0.25) is 0 Å². The lowest BCUT2D eigenvalue weighted by Gasteiger charge is -2.45. The smallest absolute Gasteiger partial charge is 0.0689 e. The minimum Gasteiger partial charge on any atom is -0.390 e. The minimum absolute atomic E-state index is 0.240. The van der Waals surface area contributed by atoms with E-state index in [1.807, 2.05) is 0 Å². The van der Waals surface area contributed by atoms with Crippen LogP contribution in [0.4, 0.5) is 0 Å². The largest absolute Gasteiger partial charge is 0.390 e. The number of hydrogen-bond acceptors (Lipinski definition) is 1. The van der Waals surface area contributed by atoms with Crippen molar-refractivity contribution in [2.24, 2.45) is 5.92 Å². The van der Waals surface area contributed by atoms with Crippen molar-refractivity contribution < 1.29 is 5.11 Å². The van der Waals surface area contributed by atoms with Gasteiger partial charge < -0.3 is 5.11 Å². The van der Waals surface area contributed by atoms with E-state index in [0.29, 0.717) is 5.92 Å². The second-order valence-electron chi connectivity index (χ2n) is 4.36. The Balaban J connectivity index is 2.12. The summed E-state index contributed by atoms with van der Waals surface area (Å²) in [6.07, 6.45) is 7.79. The Morgan fingerprint density at radius 1 is 1.08 bits per heavy atom. The molecular weight excluding hydrogens is 172 g/mol. The second kappa shape index (κ2) is 3.19. The van der Waals surface area contributed by atoms with Crippen molar-refractivity contribution in [3.8, 4) is 0 Å². The quantitative estimate of drug-likeness (QED) is 0.580. The summed E-state index contributed by atoms with van der Waals surface area (Å²) in [5.74, 6) is 0.390. The number of alkyl halides is 1. The fourth-order valence-corrected chi connectivity index (χ4v) is 3.40. The van der Waals surface area contributed by atoms with Gasteiger partial charge in [-0.3, -0.25) is 0 Å². The molecule has 2 aliphatic rings. The van der Waals surface area contributed by atoms with Crippen LogP contribution in [0.5, 0.6) is 0 Å². The molecule has 1 nitrogen and oxygen atoms in total. The van der Waals surface area contributed by atoms with Crippen LogP contribution >= 0.6 is 11.6 Å². The molecule has 2 saturated carbocycles. The van der Waals surface area contributed by atoms with Crippen LogP contribution < -0.4 is 0 Å². The molecule has 0 spiro atoms. The van der Waals surface area contributed by atoms with Crippen LogP contribution in [-0.2, 0) is 0 Å². The van der Waals surface area contributed by atoms with Gasteiger partial charge in [0.15, 0.2) is 0 Å². The van der Waals surface area contributed by atoms with Crippen molar-refractivity contribution in [2.75, 3.05) is 0 Å². The third-order valence-electron chi connectivity index (χ3n) is 3.59. The number of fused-ring (bicyclic) bond motifs is 1. The Morgan fingerprint density at radius 2 is 1.83 bits per heavy atom. The first-order valence-electron chi connectivity index (χ1n) is 5.09. The van der Waals surface area contributed by atoms with Crippen LogP contribution in [0.3, 0.4) is 0 Å². The average molecular weight is 189 g/mol. The van der Waals surface area contributed by atoms with Gasteiger partial charge in [-0.2, -0.15) is 0 Å². The zero-order chi connectivity index (χ0) is 8.60. The minimum atomic E-state index is -0.386. The molecule has 70 valence electrons. The van der Waals surface area contributed by atoms with Gasteiger partial charge >= 0.3 is 0 Å². The van der Waals surface area contributed by atoms with E-state index in [4.69, 9.17) is 11.6 Å². The van der Waals surface area contributed by atoms with Crippen molar-refractivity contribution in [2.45, 2.75) is 55.9 Å². The Hall–Kier alpha value is 0.250. The summed E-state index contributed by atoms with van der Waals surface area (Å²) in [7, 11) is 0. The lowest BCUT2D eigenvalue weighted by Crippen LogP contribution is -2.47. The Labute approximate surface area is 79.1 Å². The van der Waals surface area contributed by atoms with E-state index in [-0.39, 0.29) is 11.0 Å². The Kier molecular flexibility index (Phi) is 2.35. The molecule has 2 rings (SSSR count). The highest BCUT2D eigenvalue weighted by atomic mass is 35.5. The molecule has 2 aliphatic carbocycles. The maximum Gasteiger partial charge on any atom is 0.0689 e. The summed E-state index contributed by atoms with van der Waals surface area (Å²) in [4.78, 5) is 0. The molecule has 2 fully saturated rings. The molecule has 0 aliphatic heterocycles. The fourth-order valence-electron chi connectivity index (χ4n) is 2.88. The molecular formula is C10H17ClO. The van der Waals surface area contributed by atoms with Crippen LogP contribution in [0.25, 0.3) is 0 Å². The van der Waals surface area contributed by atoms with Gasteiger partial charge in [-0.05, 0) is 32.1 Å². The van der Waals surface area contributed by atoms with Crippen molar-refractivity contribution in [1.82, 2.24) is 0 Å². The molecule has 0 amide bonds. The molecule has 0 radical (unpaired) electrons. The van der Waals surface area contributed by atoms with Crippen molar-refractivity contribution >= 4 is 11.6 Å². The molecule has 0 bridgehead atoms. The number of hydrogen-bond donors (Lipinski definition) is 1. The SMILES string of the molecule is OC12CCCCC1C(Cl)CCC2. The maximum absolute atomic E-state index is 10.3. The van der Waals surface area contributed by atoms with Gasteiger partial charge in [0.2, 0.25) is 0 Å². The zero-order valence-corrected chi connectivity index (χ0v) is 8.19. The van der Waals surface area contributed by atoms with Crippen LogP contribution in [-0.4, -0.2) is 16.1 Å². The summed E-state index contributed by atoms with van der Waals surface area (Å²) >= 11 is 6.22. The van der Waals surface area contributed by atoms with E-state index in [1.54, 1.807) is 0 Å². The predicted molar refractivity (Wildman–Crippen MR) is 50.4 cm³/mol. The summed E-state index contributed by atoms with van der Waals surface area (Å²) in [5, 5.41) is 10.5. The number of halogens is 1. The third-order valence-corrected chi connectivity index (χ3v) is 4.11. The molecule has 12 heavy (non-hydrogen) atoms. The van der Waals surface area contributed by atoms with E-state index in [2.05, 4.69) is 0 Å². The van der Waals surface area contributed by atoms with Gasteiger partial charge in [-0.25, -0.2) is 0 Å². The topological polar surface area (TPSA) is 20.2 Å². The van der Waals surface area contributed by atoms with Gasteiger partial charge in [-0.15, -0.1) is 11.6 Å². The highest BCUT2D eigenvalue weighted by molar-refractivity contribution is 6.20. The van der Waals surface area contributed by atoms with Crippen LogP contribution in [0, 0.1) is 5.92 Å². The number of rotatable bonds is 0. The van der Waals surface area contributed by atoms with E-state index in [9.17, 15) is 5.11 Å². The molecule has 3 atom stereocenters. The summed E-state index contributed by atoms with van der Waals surface area (Å²) < 4.78 is 0. The van der Waals surface area contributed by atoms with Gasteiger partial charge in [0.05, 0.1) is 5.60 Å². The fraction of sp³-hybridized carbons (Fsp3) is 1.00. The monoisotopic (exact) mass is 188 g/mol. The van der Waals surface area contributed by atoms with Gasteiger partial charge in [0, 0.05) is 11.3 Å². The van der Waals surface area contributed by atoms with E-state index in [0.717, 1.165) is 32.1 Å². The Morgan fingerprint density at radius 3 is 2.58 bits per heavy atom. The lowest BCUT2D eigenvalue weighted by atomic mass is 9.67. The second-order valence-corrected chi connectivity index (χ2v) is 4.92. The van der Waals surface area contributed by atoms with Crippen molar-refractivity contribution in [3.05, 3.63) is 0 Å². The zero-order valence-electron chi connectivity index (χ0n) is 7.43. The van der Waals surface area contributed by atoms with Gasteiger partial charge in [0.25, 0.3) is 0 Å². The molecule has 0 aromatic carbocycles. The van der Waals surface area contributed by atoms with Crippen LogP contribution in [0.15, 0.2) is 0 Å². The van der Waals surface area contributed by atoms with Crippen molar-refractivity contribution in [1.29, 1.82) is 0 Å². The lowest BCUT2D eigenvalue weighted by molar-refractivity contribution is -0.0724. The first kappa shape index (κ1) is 8.83. The van der Waals surface area contributed by atoms with E-state index in [1.165, 1.54) is 12.8 Å². The highest BCUT2D eigenvalue weighted by Gasteiger charge is 2.44. The normalized spacial score (nSPS) is 48.5.